The Morgan fingerprint density at radius 3 is 2.74 bits per heavy atom. The Balaban J connectivity index is 2.25. The molecule has 0 radical (unpaired) electrons. The van der Waals surface area contributed by atoms with Gasteiger partial charge in [-0.25, -0.2) is 4.98 Å². The molecule has 0 bridgehead atoms. The van der Waals surface area contributed by atoms with E-state index in [2.05, 4.69) is 10.3 Å². The molecule has 2 rings (SSSR count). The minimum absolute atomic E-state index is 0.579. The SMILES string of the molecule is COc1nccc(N(C)C)c1NCc1occc1C. The van der Waals surface area contributed by atoms with Crippen molar-refractivity contribution in [1.82, 2.24) is 4.98 Å². The van der Waals surface area contributed by atoms with Crippen LogP contribution in [0.2, 0.25) is 0 Å². The van der Waals surface area contributed by atoms with Gasteiger partial charge >= 0.3 is 0 Å². The lowest BCUT2D eigenvalue weighted by Gasteiger charge is -2.19. The van der Waals surface area contributed by atoms with Crippen LogP contribution in [0.3, 0.4) is 0 Å². The highest BCUT2D eigenvalue weighted by Crippen LogP contribution is 2.32. The molecule has 5 heteroatoms. The summed E-state index contributed by atoms with van der Waals surface area (Å²) < 4.78 is 10.7. The molecule has 0 amide bonds. The Labute approximate surface area is 113 Å². The second-order valence-corrected chi connectivity index (χ2v) is 4.49. The van der Waals surface area contributed by atoms with Crippen LogP contribution >= 0.6 is 0 Å². The Bertz CT molecular complexity index is 549. The third-order valence-electron chi connectivity index (χ3n) is 2.96. The van der Waals surface area contributed by atoms with Crippen LogP contribution in [0.25, 0.3) is 0 Å². The summed E-state index contributed by atoms with van der Waals surface area (Å²) in [6.07, 6.45) is 3.43. The van der Waals surface area contributed by atoms with Crippen LogP contribution in [-0.2, 0) is 6.54 Å². The molecule has 5 nitrogen and oxygen atoms in total. The molecular formula is C14H19N3O2. The number of pyridine rings is 1. The van der Waals surface area contributed by atoms with Crippen LogP contribution in [0.1, 0.15) is 11.3 Å². The molecule has 0 aliphatic carbocycles. The monoisotopic (exact) mass is 261 g/mol. The van der Waals surface area contributed by atoms with Gasteiger partial charge < -0.3 is 19.4 Å². The summed E-state index contributed by atoms with van der Waals surface area (Å²) in [5.41, 5.74) is 3.02. The summed E-state index contributed by atoms with van der Waals surface area (Å²) in [5, 5.41) is 3.33. The maximum Gasteiger partial charge on any atom is 0.239 e. The predicted molar refractivity (Wildman–Crippen MR) is 75.9 cm³/mol. The van der Waals surface area contributed by atoms with E-state index < -0.39 is 0 Å². The number of methoxy groups -OCH3 is 1. The molecule has 2 aromatic rings. The average Bonchev–Trinajstić information content (AvgIpc) is 2.81. The summed E-state index contributed by atoms with van der Waals surface area (Å²) in [6, 6.07) is 3.89. The fourth-order valence-electron chi connectivity index (χ4n) is 1.88. The molecule has 0 spiro atoms. The van der Waals surface area contributed by atoms with Crippen molar-refractivity contribution in [2.75, 3.05) is 31.4 Å². The van der Waals surface area contributed by atoms with Crippen molar-refractivity contribution in [3.63, 3.8) is 0 Å². The van der Waals surface area contributed by atoms with E-state index in [0.717, 1.165) is 22.7 Å². The van der Waals surface area contributed by atoms with Gasteiger partial charge in [-0.2, -0.15) is 0 Å². The number of aryl methyl sites for hydroxylation is 1. The fraction of sp³-hybridized carbons (Fsp3) is 0.357. The molecule has 0 aliphatic rings. The molecule has 0 saturated carbocycles. The first-order valence-electron chi connectivity index (χ1n) is 6.10. The number of rotatable bonds is 5. The summed E-state index contributed by atoms with van der Waals surface area (Å²) in [5.74, 6) is 1.49. The van der Waals surface area contributed by atoms with Crippen molar-refractivity contribution >= 4 is 11.4 Å². The zero-order valence-electron chi connectivity index (χ0n) is 11.7. The predicted octanol–water partition coefficient (Wildman–Crippen LogP) is 2.67. The second-order valence-electron chi connectivity index (χ2n) is 4.49. The third kappa shape index (κ3) is 2.81. The topological polar surface area (TPSA) is 50.5 Å². The van der Waals surface area contributed by atoms with Crippen molar-refractivity contribution in [2.45, 2.75) is 13.5 Å². The standard InChI is InChI=1S/C14H19N3O2/c1-10-6-8-19-12(10)9-16-13-11(17(2)3)5-7-15-14(13)18-4/h5-8,16H,9H2,1-4H3. The number of nitrogens with one attached hydrogen (secondary N) is 1. The summed E-state index contributed by atoms with van der Waals surface area (Å²) in [6.45, 7) is 2.62. The molecule has 19 heavy (non-hydrogen) atoms. The molecular weight excluding hydrogens is 242 g/mol. The van der Waals surface area contributed by atoms with Gasteiger partial charge in [-0.05, 0) is 24.6 Å². The van der Waals surface area contributed by atoms with E-state index in [1.165, 1.54) is 0 Å². The van der Waals surface area contributed by atoms with Gasteiger partial charge in [0.05, 0.1) is 25.6 Å². The van der Waals surface area contributed by atoms with Crippen LogP contribution in [0, 0.1) is 6.92 Å². The van der Waals surface area contributed by atoms with Gasteiger partial charge in [-0.3, -0.25) is 0 Å². The molecule has 2 heterocycles. The van der Waals surface area contributed by atoms with E-state index in [1.54, 1.807) is 19.6 Å². The van der Waals surface area contributed by atoms with Crippen molar-refractivity contribution < 1.29 is 9.15 Å². The number of aromatic nitrogens is 1. The highest BCUT2D eigenvalue weighted by molar-refractivity contribution is 5.74. The molecule has 0 atom stereocenters. The van der Waals surface area contributed by atoms with Crippen LogP contribution < -0.4 is 15.0 Å². The van der Waals surface area contributed by atoms with Crippen molar-refractivity contribution in [1.29, 1.82) is 0 Å². The number of anilines is 2. The Morgan fingerprint density at radius 2 is 2.16 bits per heavy atom. The van der Waals surface area contributed by atoms with Crippen LogP contribution in [0.15, 0.2) is 29.0 Å². The molecule has 0 unspecified atom stereocenters. The Hall–Kier alpha value is -2.17. The first-order valence-corrected chi connectivity index (χ1v) is 6.10. The summed E-state index contributed by atoms with van der Waals surface area (Å²) in [7, 11) is 5.58. The molecule has 2 aromatic heterocycles. The number of furan rings is 1. The minimum Gasteiger partial charge on any atom is -0.479 e. The summed E-state index contributed by atoms with van der Waals surface area (Å²) in [4.78, 5) is 6.24. The normalized spacial score (nSPS) is 10.3. The minimum atomic E-state index is 0.579. The van der Waals surface area contributed by atoms with Gasteiger partial charge in [0.25, 0.3) is 0 Å². The van der Waals surface area contributed by atoms with Crippen molar-refractivity contribution in [3.8, 4) is 5.88 Å². The van der Waals surface area contributed by atoms with Crippen LogP contribution in [0.4, 0.5) is 11.4 Å². The van der Waals surface area contributed by atoms with E-state index >= 15 is 0 Å². The van der Waals surface area contributed by atoms with Crippen LogP contribution in [0.5, 0.6) is 5.88 Å². The second kappa shape index (κ2) is 5.65. The van der Waals surface area contributed by atoms with E-state index in [-0.39, 0.29) is 0 Å². The van der Waals surface area contributed by atoms with Gasteiger partial charge in [-0.1, -0.05) is 0 Å². The largest absolute Gasteiger partial charge is 0.479 e. The quantitative estimate of drug-likeness (QED) is 0.896. The fourth-order valence-corrected chi connectivity index (χ4v) is 1.88. The van der Waals surface area contributed by atoms with E-state index in [9.17, 15) is 0 Å². The number of nitrogens with zero attached hydrogens (tertiary/aromatic N) is 2. The van der Waals surface area contributed by atoms with Gasteiger partial charge in [0.1, 0.15) is 11.4 Å². The molecule has 1 N–H and O–H groups in total. The lowest BCUT2D eigenvalue weighted by atomic mass is 10.2. The van der Waals surface area contributed by atoms with Gasteiger partial charge in [0, 0.05) is 20.3 Å². The van der Waals surface area contributed by atoms with Crippen molar-refractivity contribution in [2.24, 2.45) is 0 Å². The van der Waals surface area contributed by atoms with Crippen LogP contribution in [-0.4, -0.2) is 26.2 Å². The van der Waals surface area contributed by atoms with E-state index in [1.807, 2.05) is 38.1 Å². The highest BCUT2D eigenvalue weighted by Gasteiger charge is 2.12. The number of ether oxygens (including phenoxy) is 1. The highest BCUT2D eigenvalue weighted by atomic mass is 16.5. The van der Waals surface area contributed by atoms with E-state index in [0.29, 0.717) is 12.4 Å². The van der Waals surface area contributed by atoms with Gasteiger partial charge in [0.15, 0.2) is 0 Å². The maximum absolute atomic E-state index is 5.42. The first-order chi connectivity index (χ1) is 9.13. The van der Waals surface area contributed by atoms with E-state index in [4.69, 9.17) is 9.15 Å². The lowest BCUT2D eigenvalue weighted by molar-refractivity contribution is 0.399. The maximum atomic E-state index is 5.42. The molecule has 0 aromatic carbocycles. The smallest absolute Gasteiger partial charge is 0.239 e. The molecule has 0 saturated heterocycles. The zero-order chi connectivity index (χ0) is 13.8. The Morgan fingerprint density at radius 1 is 1.37 bits per heavy atom. The first kappa shape index (κ1) is 13.3. The molecule has 0 aliphatic heterocycles. The van der Waals surface area contributed by atoms with Gasteiger partial charge in [-0.15, -0.1) is 0 Å². The zero-order valence-corrected chi connectivity index (χ0v) is 11.7. The molecule has 102 valence electrons. The third-order valence-corrected chi connectivity index (χ3v) is 2.96. The number of hydrogen-bond acceptors (Lipinski definition) is 5. The molecule has 0 fully saturated rings. The van der Waals surface area contributed by atoms with Gasteiger partial charge in [0.2, 0.25) is 5.88 Å². The number of hydrogen-bond donors (Lipinski definition) is 1. The summed E-state index contributed by atoms with van der Waals surface area (Å²) >= 11 is 0. The Kier molecular flexibility index (Phi) is 3.94. The average molecular weight is 261 g/mol. The van der Waals surface area contributed by atoms with Crippen molar-refractivity contribution in [3.05, 3.63) is 35.9 Å². The lowest BCUT2D eigenvalue weighted by Crippen LogP contribution is -2.13.